The lowest BCUT2D eigenvalue weighted by molar-refractivity contribution is -0.117. The Labute approximate surface area is 101 Å². The van der Waals surface area contributed by atoms with Gasteiger partial charge in [0, 0.05) is 30.1 Å². The molecule has 1 aliphatic rings. The summed E-state index contributed by atoms with van der Waals surface area (Å²) >= 11 is 6.06. The number of hydrogen-bond donors (Lipinski definition) is 0. The van der Waals surface area contributed by atoms with Crippen molar-refractivity contribution in [2.45, 2.75) is 6.42 Å². The molecule has 2 nitrogen and oxygen atoms in total. The fourth-order valence-electron chi connectivity index (χ4n) is 1.82. The first kappa shape index (κ1) is 11.4. The summed E-state index contributed by atoms with van der Waals surface area (Å²) in [7, 11) is 2.02. The zero-order valence-electron chi connectivity index (χ0n) is 9.24. The fraction of sp³-hybridized carbons (Fsp3) is 0.308. The summed E-state index contributed by atoms with van der Waals surface area (Å²) in [4.78, 5) is 13.9. The number of likely N-dealkylation sites (tertiary alicyclic amines) is 1. The Morgan fingerprint density at radius 3 is 2.88 bits per heavy atom. The molecule has 1 aliphatic heterocycles. The van der Waals surface area contributed by atoms with Crippen LogP contribution in [-0.4, -0.2) is 30.8 Å². The maximum Gasteiger partial charge on any atom is 0.161 e. The first-order chi connectivity index (χ1) is 7.66. The number of likely N-dealkylation sites (N-methyl/N-ethyl adjacent to an activating group) is 1. The molecule has 0 N–H and O–H groups in total. The molecule has 2 rings (SSSR count). The van der Waals surface area contributed by atoms with Crippen molar-refractivity contribution < 1.29 is 4.79 Å². The number of benzene rings is 1. The third-order valence-electron chi connectivity index (χ3n) is 2.75. The van der Waals surface area contributed by atoms with Crippen molar-refractivity contribution in [1.82, 2.24) is 4.90 Å². The van der Waals surface area contributed by atoms with Crippen molar-refractivity contribution >= 4 is 23.5 Å². The molecule has 0 atom stereocenters. The van der Waals surface area contributed by atoms with Crippen LogP contribution in [0.3, 0.4) is 0 Å². The lowest BCUT2D eigenvalue weighted by Gasteiger charge is -2.23. The maximum absolute atomic E-state index is 11.7. The van der Waals surface area contributed by atoms with Gasteiger partial charge in [0.15, 0.2) is 5.78 Å². The predicted octanol–water partition coefficient (Wildman–Crippen LogP) is 2.63. The van der Waals surface area contributed by atoms with Crippen molar-refractivity contribution in [3.63, 3.8) is 0 Å². The Hall–Kier alpha value is -1.12. The highest BCUT2D eigenvalue weighted by Gasteiger charge is 2.18. The molecular weight excluding hydrogens is 222 g/mol. The number of hydrogen-bond acceptors (Lipinski definition) is 2. The molecule has 1 aromatic carbocycles. The van der Waals surface area contributed by atoms with Crippen LogP contribution in [0.2, 0.25) is 5.02 Å². The first-order valence-corrected chi connectivity index (χ1v) is 5.71. The van der Waals surface area contributed by atoms with Gasteiger partial charge in [0.25, 0.3) is 0 Å². The van der Waals surface area contributed by atoms with Crippen LogP contribution in [0.15, 0.2) is 29.8 Å². The normalized spacial score (nSPS) is 20.4. The maximum atomic E-state index is 11.7. The molecule has 1 aromatic rings. The van der Waals surface area contributed by atoms with Gasteiger partial charge in [-0.2, -0.15) is 0 Å². The van der Waals surface area contributed by atoms with Gasteiger partial charge < -0.3 is 4.90 Å². The van der Waals surface area contributed by atoms with Crippen LogP contribution in [0.4, 0.5) is 0 Å². The van der Waals surface area contributed by atoms with Crippen molar-refractivity contribution in [3.8, 4) is 0 Å². The number of carbonyl (C=O) groups is 1. The monoisotopic (exact) mass is 235 g/mol. The van der Waals surface area contributed by atoms with E-state index in [9.17, 15) is 4.79 Å². The summed E-state index contributed by atoms with van der Waals surface area (Å²) in [5, 5.41) is 0.691. The first-order valence-electron chi connectivity index (χ1n) is 5.33. The van der Waals surface area contributed by atoms with E-state index in [2.05, 4.69) is 4.90 Å². The Balaban J connectivity index is 2.29. The van der Waals surface area contributed by atoms with Crippen LogP contribution in [0, 0.1) is 0 Å². The van der Waals surface area contributed by atoms with Crippen LogP contribution >= 0.6 is 11.6 Å². The molecule has 1 fully saturated rings. The highest BCUT2D eigenvalue weighted by Crippen LogP contribution is 2.20. The molecule has 0 unspecified atom stereocenters. The second-order valence-corrected chi connectivity index (χ2v) is 4.51. The zero-order chi connectivity index (χ0) is 11.5. The molecule has 0 aliphatic carbocycles. The lowest BCUT2D eigenvalue weighted by Crippen LogP contribution is -2.32. The average Bonchev–Trinajstić information content (AvgIpc) is 2.27. The Kier molecular flexibility index (Phi) is 3.42. The Morgan fingerprint density at radius 2 is 2.12 bits per heavy atom. The minimum absolute atomic E-state index is 0.234. The molecule has 84 valence electrons. The quantitative estimate of drug-likeness (QED) is 0.698. The SMILES string of the molecule is CN1CCC(=O)/C(=C/c2ccccc2Cl)C1. The van der Waals surface area contributed by atoms with Crippen LogP contribution in [0.25, 0.3) is 6.08 Å². The van der Waals surface area contributed by atoms with E-state index in [-0.39, 0.29) is 5.78 Å². The summed E-state index contributed by atoms with van der Waals surface area (Å²) in [6.07, 6.45) is 2.51. The molecule has 3 heteroatoms. The fourth-order valence-corrected chi connectivity index (χ4v) is 2.01. The van der Waals surface area contributed by atoms with E-state index >= 15 is 0 Å². The molecule has 0 amide bonds. The third kappa shape index (κ3) is 2.52. The largest absolute Gasteiger partial charge is 0.302 e. The zero-order valence-corrected chi connectivity index (χ0v) is 10.00. The van der Waals surface area contributed by atoms with Crippen molar-refractivity contribution in [3.05, 3.63) is 40.4 Å². The Bertz CT molecular complexity index is 439. The average molecular weight is 236 g/mol. The lowest BCUT2D eigenvalue weighted by atomic mass is 10.0. The minimum atomic E-state index is 0.234. The number of piperidine rings is 1. The molecule has 1 heterocycles. The molecule has 16 heavy (non-hydrogen) atoms. The number of halogens is 1. The van der Waals surface area contributed by atoms with Gasteiger partial charge in [-0.25, -0.2) is 0 Å². The number of ketones is 1. The van der Waals surface area contributed by atoms with Gasteiger partial charge in [0.05, 0.1) is 0 Å². The highest BCUT2D eigenvalue weighted by molar-refractivity contribution is 6.32. The predicted molar refractivity (Wildman–Crippen MR) is 66.6 cm³/mol. The number of Topliss-reactive ketones (excluding diaryl/α,β-unsaturated/α-hetero) is 1. The van der Waals surface area contributed by atoms with Crippen LogP contribution < -0.4 is 0 Å². The van der Waals surface area contributed by atoms with E-state index in [4.69, 9.17) is 11.6 Å². The standard InChI is InChI=1S/C13H14ClNO/c1-15-7-6-13(16)11(9-15)8-10-4-2-3-5-12(10)14/h2-5,8H,6-7,9H2,1H3/b11-8+. The van der Waals surface area contributed by atoms with Gasteiger partial charge in [0.2, 0.25) is 0 Å². The number of rotatable bonds is 1. The van der Waals surface area contributed by atoms with E-state index in [0.717, 1.165) is 17.7 Å². The van der Waals surface area contributed by atoms with Gasteiger partial charge in [-0.3, -0.25) is 4.79 Å². The highest BCUT2D eigenvalue weighted by atomic mass is 35.5. The summed E-state index contributed by atoms with van der Waals surface area (Å²) < 4.78 is 0. The second kappa shape index (κ2) is 4.81. The smallest absolute Gasteiger partial charge is 0.161 e. The molecule has 0 bridgehead atoms. The van der Waals surface area contributed by atoms with Crippen molar-refractivity contribution in [1.29, 1.82) is 0 Å². The third-order valence-corrected chi connectivity index (χ3v) is 3.10. The minimum Gasteiger partial charge on any atom is -0.302 e. The summed E-state index contributed by atoms with van der Waals surface area (Å²) in [5.41, 5.74) is 1.77. The van der Waals surface area contributed by atoms with Crippen LogP contribution in [0.1, 0.15) is 12.0 Å². The van der Waals surface area contributed by atoms with Gasteiger partial charge in [-0.05, 0) is 24.8 Å². The van der Waals surface area contributed by atoms with Gasteiger partial charge in [0.1, 0.15) is 0 Å². The molecule has 1 saturated heterocycles. The number of carbonyl (C=O) groups excluding carboxylic acids is 1. The van der Waals surface area contributed by atoms with E-state index in [0.29, 0.717) is 18.0 Å². The second-order valence-electron chi connectivity index (χ2n) is 4.10. The van der Waals surface area contributed by atoms with E-state index in [1.807, 2.05) is 37.4 Å². The molecular formula is C13H14ClNO. The van der Waals surface area contributed by atoms with Gasteiger partial charge in [-0.1, -0.05) is 29.8 Å². The van der Waals surface area contributed by atoms with Crippen molar-refractivity contribution in [2.75, 3.05) is 20.1 Å². The summed E-state index contributed by atoms with van der Waals surface area (Å²) in [5.74, 6) is 0.234. The van der Waals surface area contributed by atoms with E-state index < -0.39 is 0 Å². The van der Waals surface area contributed by atoms with Gasteiger partial charge in [-0.15, -0.1) is 0 Å². The van der Waals surface area contributed by atoms with E-state index in [1.165, 1.54) is 0 Å². The topological polar surface area (TPSA) is 20.3 Å². The molecule has 0 radical (unpaired) electrons. The molecule has 0 saturated carbocycles. The Morgan fingerprint density at radius 1 is 1.38 bits per heavy atom. The van der Waals surface area contributed by atoms with Crippen LogP contribution in [-0.2, 0) is 4.79 Å². The molecule has 0 aromatic heterocycles. The molecule has 0 spiro atoms. The summed E-state index contributed by atoms with van der Waals surface area (Å²) in [6, 6.07) is 7.58. The summed E-state index contributed by atoms with van der Waals surface area (Å²) in [6.45, 7) is 1.56. The van der Waals surface area contributed by atoms with Gasteiger partial charge >= 0.3 is 0 Å². The van der Waals surface area contributed by atoms with Crippen molar-refractivity contribution in [2.24, 2.45) is 0 Å². The van der Waals surface area contributed by atoms with E-state index in [1.54, 1.807) is 0 Å². The van der Waals surface area contributed by atoms with Crippen LogP contribution in [0.5, 0.6) is 0 Å². The number of nitrogens with zero attached hydrogens (tertiary/aromatic N) is 1.